The second-order valence-electron chi connectivity index (χ2n) is 11.1. The molecule has 0 aliphatic heterocycles. The summed E-state index contributed by atoms with van der Waals surface area (Å²) < 4.78 is 11.0. The number of aryl methyl sites for hydroxylation is 1. The van der Waals surface area contributed by atoms with Crippen LogP contribution >= 0.6 is 0 Å². The Morgan fingerprint density at radius 1 is 1.14 bits per heavy atom. The van der Waals surface area contributed by atoms with Gasteiger partial charge in [0, 0.05) is 35.2 Å². The van der Waals surface area contributed by atoms with Gasteiger partial charge in [0.05, 0.1) is 0 Å². The number of benzene rings is 1. The fraction of sp³-hybridized carbons (Fsp3) is 0.586. The van der Waals surface area contributed by atoms with Gasteiger partial charge in [0.15, 0.2) is 5.82 Å². The Kier molecular flexibility index (Phi) is 6.75. The summed E-state index contributed by atoms with van der Waals surface area (Å²) in [6, 6.07) is 7.43. The maximum atomic E-state index is 14.1. The van der Waals surface area contributed by atoms with Crippen LogP contribution in [0, 0.1) is 18.3 Å². The zero-order valence-corrected chi connectivity index (χ0v) is 21.5. The van der Waals surface area contributed by atoms with Crippen molar-refractivity contribution in [1.29, 1.82) is 0 Å². The van der Waals surface area contributed by atoms with E-state index in [2.05, 4.69) is 23.6 Å². The molecule has 36 heavy (non-hydrogen) atoms. The normalized spacial score (nSPS) is 26.8. The van der Waals surface area contributed by atoms with Gasteiger partial charge in [-0.15, -0.1) is 0 Å². The Morgan fingerprint density at radius 3 is 2.44 bits per heavy atom. The molecule has 192 valence electrons. The van der Waals surface area contributed by atoms with Crippen LogP contribution in [0.3, 0.4) is 0 Å². The third-order valence-corrected chi connectivity index (χ3v) is 9.23. The van der Waals surface area contributed by atoms with E-state index in [0.717, 1.165) is 81.9 Å². The minimum atomic E-state index is -0.504. The summed E-state index contributed by atoms with van der Waals surface area (Å²) in [6.07, 6.45) is 12.5. The fourth-order valence-corrected chi connectivity index (χ4v) is 6.89. The number of amides is 1. The SMILES string of the molecule is C=CC(=O)Oc1cccc(N(C(=O)C2CCCCC2)C(C)C23CCC(c4nc(C)no4)(CC2)CC3)c1. The summed E-state index contributed by atoms with van der Waals surface area (Å²) in [7, 11) is 0. The van der Waals surface area contributed by atoms with Gasteiger partial charge in [-0.1, -0.05) is 37.1 Å². The number of carbonyl (C=O) groups is 2. The number of anilines is 1. The molecule has 4 aliphatic carbocycles. The first kappa shape index (κ1) is 24.7. The molecule has 4 fully saturated rings. The predicted octanol–water partition coefficient (Wildman–Crippen LogP) is 6.06. The lowest BCUT2D eigenvalue weighted by atomic mass is 9.51. The molecule has 0 N–H and O–H groups in total. The quantitative estimate of drug-likeness (QED) is 0.266. The van der Waals surface area contributed by atoms with Crippen LogP contribution in [0.2, 0.25) is 0 Å². The molecule has 1 amide bonds. The number of fused-ring (bicyclic) bond motifs is 3. The summed E-state index contributed by atoms with van der Waals surface area (Å²) in [4.78, 5) is 32.6. The number of esters is 1. The van der Waals surface area contributed by atoms with Gasteiger partial charge in [-0.05, 0) is 82.8 Å². The Bertz CT molecular complexity index is 1110. The van der Waals surface area contributed by atoms with Crippen molar-refractivity contribution in [3.63, 3.8) is 0 Å². The van der Waals surface area contributed by atoms with E-state index >= 15 is 0 Å². The van der Waals surface area contributed by atoms with Crippen molar-refractivity contribution in [2.45, 2.75) is 95.9 Å². The maximum Gasteiger partial charge on any atom is 0.335 e. The second-order valence-corrected chi connectivity index (χ2v) is 11.1. The van der Waals surface area contributed by atoms with Crippen LogP contribution in [0.1, 0.15) is 89.3 Å². The van der Waals surface area contributed by atoms with Crippen LogP contribution in [-0.2, 0) is 15.0 Å². The number of hydrogen-bond donors (Lipinski definition) is 0. The van der Waals surface area contributed by atoms with Crippen molar-refractivity contribution >= 4 is 17.6 Å². The van der Waals surface area contributed by atoms with Gasteiger partial charge >= 0.3 is 5.97 Å². The first-order chi connectivity index (χ1) is 17.4. The number of carbonyl (C=O) groups excluding carboxylic acids is 2. The highest BCUT2D eigenvalue weighted by Crippen LogP contribution is 2.60. The molecule has 7 nitrogen and oxygen atoms in total. The fourth-order valence-electron chi connectivity index (χ4n) is 6.89. The highest BCUT2D eigenvalue weighted by molar-refractivity contribution is 5.96. The summed E-state index contributed by atoms with van der Waals surface area (Å²) in [5.41, 5.74) is 0.811. The molecule has 0 saturated heterocycles. The summed E-state index contributed by atoms with van der Waals surface area (Å²) in [5, 5.41) is 4.05. The van der Waals surface area contributed by atoms with Gasteiger partial charge < -0.3 is 14.2 Å². The Balaban J connectivity index is 1.44. The third-order valence-electron chi connectivity index (χ3n) is 9.23. The summed E-state index contributed by atoms with van der Waals surface area (Å²) in [5.74, 6) is 1.66. The molecule has 2 bridgehead atoms. The van der Waals surface area contributed by atoms with Crippen LogP contribution in [0.15, 0.2) is 41.4 Å². The minimum absolute atomic E-state index is 0.0278. The predicted molar refractivity (Wildman–Crippen MR) is 137 cm³/mol. The molecule has 1 unspecified atom stereocenters. The maximum absolute atomic E-state index is 14.1. The lowest BCUT2D eigenvalue weighted by molar-refractivity contribution is -0.129. The van der Waals surface area contributed by atoms with Crippen LogP contribution < -0.4 is 9.64 Å². The molecule has 7 heteroatoms. The zero-order chi connectivity index (χ0) is 25.3. The van der Waals surface area contributed by atoms with Gasteiger partial charge in [0.1, 0.15) is 5.75 Å². The number of rotatable bonds is 7. The summed E-state index contributed by atoms with van der Waals surface area (Å²) in [6.45, 7) is 7.58. The summed E-state index contributed by atoms with van der Waals surface area (Å²) >= 11 is 0. The lowest BCUT2D eigenvalue weighted by Crippen LogP contribution is -2.56. The standard InChI is InChI=1S/C29H37N3O4/c1-4-25(33)35-24-12-8-11-23(19-24)32(26(34)22-9-6-5-7-10-22)20(2)28-13-16-29(17-14-28,18-15-28)27-30-21(3)31-36-27/h4,8,11-12,19-20,22H,1,5-7,9-10,13-18H2,2-3H3. The van der Waals surface area contributed by atoms with E-state index in [1.54, 1.807) is 6.07 Å². The van der Waals surface area contributed by atoms with Crippen molar-refractivity contribution in [1.82, 2.24) is 10.1 Å². The highest BCUT2D eigenvalue weighted by Gasteiger charge is 2.55. The monoisotopic (exact) mass is 491 g/mol. The van der Waals surface area contributed by atoms with Gasteiger partial charge in [-0.3, -0.25) is 4.79 Å². The smallest absolute Gasteiger partial charge is 0.335 e. The average molecular weight is 492 g/mol. The first-order valence-electron chi connectivity index (χ1n) is 13.4. The van der Waals surface area contributed by atoms with E-state index in [-0.39, 0.29) is 28.7 Å². The Hall–Kier alpha value is -2.96. The first-order valence-corrected chi connectivity index (χ1v) is 13.4. The number of aromatic nitrogens is 2. The molecular formula is C29H37N3O4. The Labute approximate surface area is 213 Å². The van der Waals surface area contributed by atoms with Gasteiger partial charge in [0.25, 0.3) is 0 Å². The molecule has 0 radical (unpaired) electrons. The highest BCUT2D eigenvalue weighted by atomic mass is 16.5. The van der Waals surface area contributed by atoms with E-state index in [0.29, 0.717) is 11.6 Å². The van der Waals surface area contributed by atoms with Crippen molar-refractivity contribution in [2.75, 3.05) is 4.90 Å². The molecule has 2 aromatic rings. The van der Waals surface area contributed by atoms with E-state index in [1.165, 1.54) is 6.42 Å². The molecule has 4 aliphatic rings. The van der Waals surface area contributed by atoms with Gasteiger partial charge in [-0.2, -0.15) is 4.98 Å². The number of ether oxygens (including phenoxy) is 1. The Morgan fingerprint density at radius 2 is 1.83 bits per heavy atom. The topological polar surface area (TPSA) is 85.5 Å². The average Bonchev–Trinajstić information content (AvgIpc) is 3.37. The van der Waals surface area contributed by atoms with Crippen molar-refractivity contribution < 1.29 is 18.8 Å². The molecule has 1 aromatic heterocycles. The van der Waals surface area contributed by atoms with Crippen LogP contribution in [0.5, 0.6) is 5.75 Å². The van der Waals surface area contributed by atoms with E-state index < -0.39 is 5.97 Å². The van der Waals surface area contributed by atoms with Crippen molar-refractivity contribution in [3.05, 3.63) is 48.6 Å². The van der Waals surface area contributed by atoms with Crippen molar-refractivity contribution in [3.8, 4) is 5.75 Å². The molecule has 1 heterocycles. The molecule has 0 spiro atoms. The van der Waals surface area contributed by atoms with E-state index in [1.807, 2.05) is 30.0 Å². The van der Waals surface area contributed by atoms with E-state index in [9.17, 15) is 9.59 Å². The molecular weight excluding hydrogens is 454 g/mol. The number of hydrogen-bond acceptors (Lipinski definition) is 6. The van der Waals surface area contributed by atoms with E-state index in [4.69, 9.17) is 9.26 Å². The molecule has 1 aromatic carbocycles. The van der Waals surface area contributed by atoms with Gasteiger partial charge in [-0.25, -0.2) is 4.79 Å². The number of nitrogens with zero attached hydrogens (tertiary/aromatic N) is 3. The zero-order valence-electron chi connectivity index (χ0n) is 21.5. The third kappa shape index (κ3) is 4.48. The van der Waals surface area contributed by atoms with Crippen LogP contribution in [-0.4, -0.2) is 28.1 Å². The van der Waals surface area contributed by atoms with Crippen LogP contribution in [0.25, 0.3) is 0 Å². The molecule has 1 atom stereocenters. The lowest BCUT2D eigenvalue weighted by Gasteiger charge is -2.56. The minimum Gasteiger partial charge on any atom is -0.423 e. The van der Waals surface area contributed by atoms with Crippen LogP contribution in [0.4, 0.5) is 5.69 Å². The molecule has 4 saturated carbocycles. The van der Waals surface area contributed by atoms with Crippen molar-refractivity contribution in [2.24, 2.45) is 11.3 Å². The molecule has 6 rings (SSSR count). The largest absolute Gasteiger partial charge is 0.423 e. The second kappa shape index (κ2) is 9.83. The van der Waals surface area contributed by atoms with Gasteiger partial charge in [0.2, 0.25) is 11.8 Å².